The molecule has 1 saturated carbocycles. The van der Waals surface area contributed by atoms with Crippen molar-refractivity contribution < 1.29 is 23.7 Å². The number of hydrogen-bond acceptors (Lipinski definition) is 5. The Morgan fingerprint density at radius 2 is 2.26 bits per heavy atom. The highest BCUT2D eigenvalue weighted by Crippen LogP contribution is 2.61. The van der Waals surface area contributed by atoms with Gasteiger partial charge < -0.3 is 18.9 Å². The smallest absolute Gasteiger partial charge is 0.303 e. The first-order valence-corrected chi connectivity index (χ1v) is 8.10. The molecule has 4 fully saturated rings. The zero-order valence-electron chi connectivity index (χ0n) is 11.3. The molecule has 4 rings (SSSR count). The van der Waals surface area contributed by atoms with Gasteiger partial charge in [-0.1, -0.05) is 22.6 Å². The summed E-state index contributed by atoms with van der Waals surface area (Å²) in [6.07, 6.45) is 1.22. The maximum absolute atomic E-state index is 11.3. The number of ether oxygens (including phenoxy) is 4. The molecule has 0 spiro atoms. The predicted molar refractivity (Wildman–Crippen MR) is 74.8 cm³/mol. The fourth-order valence-corrected chi connectivity index (χ4v) is 5.24. The van der Waals surface area contributed by atoms with Gasteiger partial charge in [0.15, 0.2) is 12.1 Å². The molecule has 3 aliphatic heterocycles. The summed E-state index contributed by atoms with van der Waals surface area (Å²) in [5, 5.41) is 0. The number of carbonyl (C=O) groups is 1. The fourth-order valence-electron chi connectivity index (χ4n) is 4.09. The van der Waals surface area contributed by atoms with E-state index in [0.717, 1.165) is 17.3 Å². The van der Waals surface area contributed by atoms with E-state index in [1.807, 2.05) is 6.92 Å². The highest BCUT2D eigenvalue weighted by Gasteiger charge is 2.70. The van der Waals surface area contributed by atoms with Gasteiger partial charge in [0.2, 0.25) is 0 Å². The molecule has 19 heavy (non-hydrogen) atoms. The average molecular weight is 382 g/mol. The third-order valence-corrected chi connectivity index (χ3v) is 5.77. The second kappa shape index (κ2) is 4.54. The number of methoxy groups -OCH3 is 1. The van der Waals surface area contributed by atoms with Crippen molar-refractivity contribution in [3.05, 3.63) is 0 Å². The zero-order valence-corrected chi connectivity index (χ0v) is 13.5. The molecule has 3 saturated heterocycles. The largest absolute Gasteiger partial charge is 0.459 e. The summed E-state index contributed by atoms with van der Waals surface area (Å²) in [4.78, 5) is 11.3. The van der Waals surface area contributed by atoms with E-state index in [2.05, 4.69) is 22.6 Å². The van der Waals surface area contributed by atoms with Crippen LogP contribution in [0.5, 0.6) is 0 Å². The Balaban J connectivity index is 1.98. The van der Waals surface area contributed by atoms with Crippen LogP contribution in [0, 0.1) is 11.8 Å². The second-order valence-electron chi connectivity index (χ2n) is 5.87. The number of hydrogen-bond donors (Lipinski definition) is 0. The summed E-state index contributed by atoms with van der Waals surface area (Å²) in [6, 6.07) is 0. The Hall–Kier alpha value is 0.0800. The van der Waals surface area contributed by atoms with Crippen LogP contribution in [-0.4, -0.2) is 41.3 Å². The van der Waals surface area contributed by atoms with Crippen LogP contribution in [-0.2, 0) is 23.7 Å². The van der Waals surface area contributed by atoms with Gasteiger partial charge in [-0.25, -0.2) is 0 Å². The Bertz CT molecular complexity index is 402. The van der Waals surface area contributed by atoms with Crippen molar-refractivity contribution >= 4 is 28.6 Å². The van der Waals surface area contributed by atoms with E-state index in [1.54, 1.807) is 7.11 Å². The Morgan fingerprint density at radius 3 is 2.84 bits per heavy atom. The first-order chi connectivity index (χ1) is 8.94. The standard InChI is InChI=1S/C13H19IO5/c1-7(15)17-9-4-8-5-12(2)18-11(16-3)10(8)13(9,6-14)19-12/h8-11H,4-6H2,1-3H3/t8?,9-,10?,11?,12?,13?/m1/s1. The van der Waals surface area contributed by atoms with Crippen LogP contribution in [0.25, 0.3) is 0 Å². The van der Waals surface area contributed by atoms with Gasteiger partial charge in [-0.3, -0.25) is 4.79 Å². The van der Waals surface area contributed by atoms with Crippen molar-refractivity contribution in [2.45, 2.75) is 50.5 Å². The second-order valence-corrected chi connectivity index (χ2v) is 6.63. The quantitative estimate of drug-likeness (QED) is 0.424. The molecule has 0 radical (unpaired) electrons. The number of halogens is 1. The molecule has 4 bridgehead atoms. The lowest BCUT2D eigenvalue weighted by Gasteiger charge is -2.57. The molecular formula is C13H19IO5. The Labute approximate surface area is 126 Å². The SMILES string of the molecule is COC1OC2(C)CC3C[C@@H](OC(C)=O)C(CI)(O2)C31. The van der Waals surface area contributed by atoms with Crippen LogP contribution in [0.15, 0.2) is 0 Å². The monoisotopic (exact) mass is 382 g/mol. The van der Waals surface area contributed by atoms with E-state index in [9.17, 15) is 4.79 Å². The fraction of sp³-hybridized carbons (Fsp3) is 0.923. The zero-order chi connectivity index (χ0) is 13.8. The molecule has 0 amide bonds. The molecule has 6 atom stereocenters. The number of esters is 1. The van der Waals surface area contributed by atoms with E-state index in [0.29, 0.717) is 5.92 Å². The minimum atomic E-state index is -0.625. The van der Waals surface area contributed by atoms with E-state index in [4.69, 9.17) is 18.9 Å². The van der Waals surface area contributed by atoms with E-state index < -0.39 is 11.4 Å². The lowest BCUT2D eigenvalue weighted by Crippen LogP contribution is -2.67. The normalized spacial score (nSPS) is 51.4. The molecule has 5 nitrogen and oxygen atoms in total. The van der Waals surface area contributed by atoms with Crippen molar-refractivity contribution in [3.8, 4) is 0 Å². The first kappa shape index (κ1) is 14.0. The van der Waals surface area contributed by atoms with Crippen LogP contribution in [0.2, 0.25) is 0 Å². The molecule has 0 aromatic heterocycles. The van der Waals surface area contributed by atoms with Crippen LogP contribution in [0.1, 0.15) is 26.7 Å². The minimum absolute atomic E-state index is 0.139. The molecule has 6 heteroatoms. The molecule has 3 heterocycles. The molecule has 108 valence electrons. The summed E-state index contributed by atoms with van der Waals surface area (Å²) < 4.78 is 24.0. The summed E-state index contributed by atoms with van der Waals surface area (Å²) in [7, 11) is 1.66. The lowest BCUT2D eigenvalue weighted by atomic mass is 9.77. The molecule has 4 aliphatic rings. The highest BCUT2D eigenvalue weighted by molar-refractivity contribution is 14.1. The number of rotatable bonds is 3. The van der Waals surface area contributed by atoms with E-state index in [1.165, 1.54) is 6.92 Å². The third-order valence-electron chi connectivity index (χ3n) is 4.58. The van der Waals surface area contributed by atoms with E-state index in [-0.39, 0.29) is 24.3 Å². The number of fused-ring (bicyclic) bond motifs is 1. The molecule has 0 N–H and O–H groups in total. The van der Waals surface area contributed by atoms with Gasteiger partial charge in [-0.05, 0) is 19.3 Å². The minimum Gasteiger partial charge on any atom is -0.459 e. The Kier molecular flexibility index (Phi) is 3.35. The topological polar surface area (TPSA) is 54.0 Å². The van der Waals surface area contributed by atoms with Gasteiger partial charge in [0.05, 0.1) is 0 Å². The van der Waals surface area contributed by atoms with E-state index >= 15 is 0 Å². The molecule has 0 aromatic carbocycles. The van der Waals surface area contributed by atoms with Gasteiger partial charge in [-0.2, -0.15) is 0 Å². The molecule has 5 unspecified atom stereocenters. The molecule has 0 aromatic rings. The van der Waals surface area contributed by atoms with Crippen LogP contribution < -0.4 is 0 Å². The summed E-state index contributed by atoms with van der Waals surface area (Å²) in [5.74, 6) is -0.307. The van der Waals surface area contributed by atoms with Crippen LogP contribution in [0.4, 0.5) is 0 Å². The summed E-state index contributed by atoms with van der Waals surface area (Å²) in [6.45, 7) is 3.41. The van der Waals surface area contributed by atoms with Crippen molar-refractivity contribution in [2.24, 2.45) is 11.8 Å². The maximum atomic E-state index is 11.3. The number of carbonyl (C=O) groups excluding carboxylic acids is 1. The lowest BCUT2D eigenvalue weighted by molar-refractivity contribution is -0.433. The molecular weight excluding hydrogens is 363 g/mol. The maximum Gasteiger partial charge on any atom is 0.303 e. The van der Waals surface area contributed by atoms with Gasteiger partial charge in [0.1, 0.15) is 11.7 Å². The highest BCUT2D eigenvalue weighted by atomic mass is 127. The number of alkyl halides is 1. The van der Waals surface area contributed by atoms with Crippen LogP contribution >= 0.6 is 22.6 Å². The van der Waals surface area contributed by atoms with Gasteiger partial charge in [0.25, 0.3) is 0 Å². The Morgan fingerprint density at radius 1 is 1.53 bits per heavy atom. The van der Waals surface area contributed by atoms with Gasteiger partial charge in [0, 0.05) is 30.8 Å². The summed E-state index contributed by atoms with van der Waals surface area (Å²) in [5.41, 5.74) is -0.469. The summed E-state index contributed by atoms with van der Waals surface area (Å²) >= 11 is 2.31. The van der Waals surface area contributed by atoms with Crippen molar-refractivity contribution in [3.63, 3.8) is 0 Å². The molecule has 1 aliphatic carbocycles. The average Bonchev–Trinajstić information content (AvgIpc) is 2.57. The van der Waals surface area contributed by atoms with Crippen molar-refractivity contribution in [1.29, 1.82) is 0 Å². The van der Waals surface area contributed by atoms with Crippen molar-refractivity contribution in [1.82, 2.24) is 0 Å². The predicted octanol–water partition coefficient (Wildman–Crippen LogP) is 1.87. The van der Waals surface area contributed by atoms with Gasteiger partial charge >= 0.3 is 5.97 Å². The third kappa shape index (κ3) is 1.94. The van der Waals surface area contributed by atoms with Gasteiger partial charge in [-0.15, -0.1) is 0 Å². The first-order valence-electron chi connectivity index (χ1n) is 6.58. The van der Waals surface area contributed by atoms with Crippen LogP contribution in [0.3, 0.4) is 0 Å². The van der Waals surface area contributed by atoms with Crippen molar-refractivity contribution in [2.75, 3.05) is 11.5 Å².